The highest BCUT2D eigenvalue weighted by atomic mass is 32.1. The van der Waals surface area contributed by atoms with E-state index in [9.17, 15) is 0 Å². The Bertz CT molecular complexity index is 372. The van der Waals surface area contributed by atoms with Crippen molar-refractivity contribution in [1.29, 1.82) is 0 Å². The number of fused-ring (bicyclic) bond motifs is 1. The number of thiophene rings is 1. The summed E-state index contributed by atoms with van der Waals surface area (Å²) in [5, 5.41) is 5.53. The average molecular weight is 238 g/mol. The maximum atomic E-state index is 5.43. The second-order valence-electron chi connectivity index (χ2n) is 3.86. The largest absolute Gasteiger partial charge is 0.348 e. The molecule has 0 saturated heterocycles. The molecular weight excluding hydrogens is 220 g/mol. The molecule has 16 heavy (non-hydrogen) atoms. The van der Waals surface area contributed by atoms with Gasteiger partial charge in [-0.05, 0) is 43.2 Å². The minimum Gasteiger partial charge on any atom is -0.348 e. The standard InChI is InChI=1S/C11H18N4S/c1-2-13-11(15-12)14-9-4-3-5-10-8(9)6-7-16-10/h6-7,9H,2-5,12H2,1H3,(H2,13,14,15). The molecule has 1 atom stereocenters. The van der Waals surface area contributed by atoms with Crippen LogP contribution in [0.2, 0.25) is 0 Å². The number of hydrazine groups is 1. The highest BCUT2D eigenvalue weighted by Crippen LogP contribution is 2.32. The lowest BCUT2D eigenvalue weighted by Gasteiger charge is -2.25. The molecule has 1 aliphatic carbocycles. The van der Waals surface area contributed by atoms with Crippen molar-refractivity contribution in [2.45, 2.75) is 32.2 Å². The van der Waals surface area contributed by atoms with Gasteiger partial charge in [-0.3, -0.25) is 10.4 Å². The van der Waals surface area contributed by atoms with Gasteiger partial charge in [0.15, 0.2) is 0 Å². The van der Waals surface area contributed by atoms with E-state index in [4.69, 9.17) is 5.84 Å². The molecule has 1 aliphatic rings. The molecule has 0 bridgehead atoms. The molecule has 0 amide bonds. The first-order valence-electron chi connectivity index (χ1n) is 5.69. The van der Waals surface area contributed by atoms with Gasteiger partial charge in [0.2, 0.25) is 5.96 Å². The van der Waals surface area contributed by atoms with Crippen molar-refractivity contribution in [3.63, 3.8) is 0 Å². The zero-order valence-corrected chi connectivity index (χ0v) is 10.3. The van der Waals surface area contributed by atoms with Crippen LogP contribution < -0.4 is 16.6 Å². The van der Waals surface area contributed by atoms with Gasteiger partial charge in [-0.25, -0.2) is 5.84 Å². The fourth-order valence-electron chi connectivity index (χ4n) is 2.09. The average Bonchev–Trinajstić information content (AvgIpc) is 2.77. The molecule has 1 unspecified atom stereocenters. The molecule has 1 aromatic heterocycles. The molecule has 5 heteroatoms. The van der Waals surface area contributed by atoms with E-state index in [-0.39, 0.29) is 0 Å². The van der Waals surface area contributed by atoms with E-state index in [1.807, 2.05) is 18.3 Å². The lowest BCUT2D eigenvalue weighted by atomic mass is 9.94. The number of nitrogens with one attached hydrogen (secondary N) is 2. The Morgan fingerprint density at radius 1 is 1.69 bits per heavy atom. The molecule has 0 saturated carbocycles. The first-order chi connectivity index (χ1) is 7.85. The summed E-state index contributed by atoms with van der Waals surface area (Å²) >= 11 is 1.85. The summed E-state index contributed by atoms with van der Waals surface area (Å²) < 4.78 is 0. The first-order valence-corrected chi connectivity index (χ1v) is 6.57. The highest BCUT2D eigenvalue weighted by Gasteiger charge is 2.21. The number of hydrogen-bond acceptors (Lipinski definition) is 3. The number of aliphatic imine (C=N–C) groups is 1. The van der Waals surface area contributed by atoms with Crippen LogP contribution >= 0.6 is 11.3 Å². The van der Waals surface area contributed by atoms with Crippen LogP contribution in [0.15, 0.2) is 16.4 Å². The summed E-state index contributed by atoms with van der Waals surface area (Å²) in [6.07, 6.45) is 3.59. The molecule has 88 valence electrons. The van der Waals surface area contributed by atoms with Gasteiger partial charge in [-0.15, -0.1) is 11.3 Å². The molecular formula is C11H18N4S. The Balaban J connectivity index is 2.10. The van der Waals surface area contributed by atoms with E-state index in [0.29, 0.717) is 12.0 Å². The quantitative estimate of drug-likeness (QED) is 0.317. The van der Waals surface area contributed by atoms with Gasteiger partial charge in [0.05, 0.1) is 6.04 Å². The van der Waals surface area contributed by atoms with Gasteiger partial charge in [-0.2, -0.15) is 0 Å². The van der Waals surface area contributed by atoms with Crippen LogP contribution in [0, 0.1) is 0 Å². The monoisotopic (exact) mass is 238 g/mol. The van der Waals surface area contributed by atoms with E-state index in [2.05, 4.69) is 27.2 Å². The topological polar surface area (TPSA) is 62.4 Å². The van der Waals surface area contributed by atoms with Crippen molar-refractivity contribution < 1.29 is 0 Å². The van der Waals surface area contributed by atoms with E-state index >= 15 is 0 Å². The maximum Gasteiger partial charge on any atom is 0.206 e. The van der Waals surface area contributed by atoms with Crippen LogP contribution in [0.25, 0.3) is 0 Å². The third-order valence-electron chi connectivity index (χ3n) is 2.82. The molecule has 0 radical (unpaired) electrons. The van der Waals surface area contributed by atoms with Gasteiger partial charge >= 0.3 is 0 Å². The summed E-state index contributed by atoms with van der Waals surface area (Å²) in [5.41, 5.74) is 4.03. The van der Waals surface area contributed by atoms with Crippen molar-refractivity contribution in [2.75, 3.05) is 6.54 Å². The Labute approximate surface area is 99.9 Å². The Hall–Kier alpha value is -1.07. The van der Waals surface area contributed by atoms with Crippen molar-refractivity contribution in [1.82, 2.24) is 10.7 Å². The van der Waals surface area contributed by atoms with Crippen LogP contribution in [0.1, 0.15) is 36.2 Å². The first kappa shape index (κ1) is 11.4. The number of nitrogens with two attached hydrogens (primary N) is 1. The molecule has 4 N–H and O–H groups in total. The molecule has 0 aromatic carbocycles. The molecule has 1 heterocycles. The summed E-state index contributed by atoms with van der Waals surface area (Å²) in [5.74, 6) is 6.12. The number of nitrogens with zero attached hydrogens (tertiary/aromatic N) is 1. The second kappa shape index (κ2) is 5.32. The zero-order valence-electron chi connectivity index (χ0n) is 9.49. The van der Waals surface area contributed by atoms with E-state index in [1.165, 1.54) is 23.3 Å². The van der Waals surface area contributed by atoms with Crippen molar-refractivity contribution in [2.24, 2.45) is 10.8 Å². The van der Waals surface area contributed by atoms with E-state index in [0.717, 1.165) is 13.0 Å². The smallest absolute Gasteiger partial charge is 0.206 e. The number of aryl methyl sites for hydroxylation is 1. The molecule has 0 fully saturated rings. The van der Waals surface area contributed by atoms with E-state index < -0.39 is 0 Å². The van der Waals surface area contributed by atoms with Crippen LogP contribution in [-0.2, 0) is 6.42 Å². The molecule has 1 aromatic rings. The molecule has 4 nitrogen and oxygen atoms in total. The lowest BCUT2D eigenvalue weighted by molar-refractivity contribution is 0.525. The second-order valence-corrected chi connectivity index (χ2v) is 4.86. The predicted octanol–water partition coefficient (Wildman–Crippen LogP) is 1.55. The summed E-state index contributed by atoms with van der Waals surface area (Å²) in [6.45, 7) is 2.73. The van der Waals surface area contributed by atoms with Crippen LogP contribution in [0.3, 0.4) is 0 Å². The van der Waals surface area contributed by atoms with Gasteiger partial charge in [0.25, 0.3) is 0 Å². The summed E-state index contributed by atoms with van der Waals surface area (Å²) in [6, 6.07) is 2.56. The minimum absolute atomic E-state index is 0.358. The van der Waals surface area contributed by atoms with Crippen molar-refractivity contribution in [3.05, 3.63) is 21.9 Å². The van der Waals surface area contributed by atoms with Gasteiger partial charge in [0.1, 0.15) is 0 Å². The number of guanidine groups is 1. The maximum absolute atomic E-state index is 5.43. The summed E-state index contributed by atoms with van der Waals surface area (Å²) in [7, 11) is 0. The highest BCUT2D eigenvalue weighted by molar-refractivity contribution is 7.10. The Morgan fingerprint density at radius 2 is 2.56 bits per heavy atom. The predicted molar refractivity (Wildman–Crippen MR) is 68.4 cm³/mol. The molecule has 0 aliphatic heterocycles. The third kappa shape index (κ3) is 2.36. The van der Waals surface area contributed by atoms with Gasteiger partial charge < -0.3 is 5.32 Å². The fourth-order valence-corrected chi connectivity index (χ4v) is 3.08. The Kier molecular flexibility index (Phi) is 3.79. The van der Waals surface area contributed by atoms with Crippen LogP contribution in [-0.4, -0.2) is 12.5 Å². The fraction of sp³-hybridized carbons (Fsp3) is 0.545. The van der Waals surface area contributed by atoms with Crippen molar-refractivity contribution >= 4 is 17.3 Å². The lowest BCUT2D eigenvalue weighted by Crippen LogP contribution is -2.43. The SMILES string of the molecule is CCN=C(NN)NC1CCCc2sccc21. The van der Waals surface area contributed by atoms with Crippen LogP contribution in [0.5, 0.6) is 0 Å². The van der Waals surface area contributed by atoms with E-state index in [1.54, 1.807) is 0 Å². The van der Waals surface area contributed by atoms with Crippen LogP contribution in [0.4, 0.5) is 0 Å². The number of hydrogen-bond donors (Lipinski definition) is 3. The number of rotatable bonds is 2. The minimum atomic E-state index is 0.358. The third-order valence-corrected chi connectivity index (χ3v) is 3.81. The molecule has 0 spiro atoms. The Morgan fingerprint density at radius 3 is 3.31 bits per heavy atom. The van der Waals surface area contributed by atoms with Gasteiger partial charge in [-0.1, -0.05) is 0 Å². The van der Waals surface area contributed by atoms with Gasteiger partial charge in [0, 0.05) is 11.4 Å². The normalized spacial score (nSPS) is 20.4. The zero-order chi connectivity index (χ0) is 11.4. The van der Waals surface area contributed by atoms with Crippen molar-refractivity contribution in [3.8, 4) is 0 Å². The molecule has 2 rings (SSSR count). The summed E-state index contributed by atoms with van der Waals surface area (Å²) in [4.78, 5) is 5.76.